The second kappa shape index (κ2) is 5.37. The number of alkyl halides is 3. The van der Waals surface area contributed by atoms with Crippen molar-refractivity contribution in [3.05, 3.63) is 0 Å². The average Bonchev–Trinajstić information content (AvgIpc) is 2.90. The van der Waals surface area contributed by atoms with Crippen LogP contribution in [0.15, 0.2) is 0 Å². The summed E-state index contributed by atoms with van der Waals surface area (Å²) in [6.45, 7) is 3.01. The zero-order valence-corrected chi connectivity index (χ0v) is 10.9. The third-order valence-corrected chi connectivity index (χ3v) is 4.25. The first-order valence-electron chi connectivity index (χ1n) is 6.79. The Morgan fingerprint density at radius 3 is 2.50 bits per heavy atom. The van der Waals surface area contributed by atoms with Crippen LogP contribution in [-0.4, -0.2) is 32.5 Å². The molecule has 2 fully saturated rings. The SMILES string of the molecule is CCNCC1(CCOCC(F)(F)F)CC2CC2C1. The smallest absolute Gasteiger partial charge is 0.372 e. The molecule has 2 aliphatic rings. The molecule has 0 aliphatic heterocycles. The van der Waals surface area contributed by atoms with E-state index in [1.807, 2.05) is 0 Å². The standard InChI is InChI=1S/C13H22F3NO/c1-2-17-8-12(6-10-5-11(10)7-12)3-4-18-9-13(14,15)16/h10-11,17H,2-9H2,1H3. The number of hydrogen-bond acceptors (Lipinski definition) is 2. The first-order chi connectivity index (χ1) is 8.44. The molecular formula is C13H22F3NO. The summed E-state index contributed by atoms with van der Waals surface area (Å²) in [6, 6.07) is 0. The summed E-state index contributed by atoms with van der Waals surface area (Å²) < 4.78 is 40.7. The zero-order valence-electron chi connectivity index (χ0n) is 10.9. The fourth-order valence-corrected chi connectivity index (χ4v) is 3.31. The molecule has 2 atom stereocenters. The van der Waals surface area contributed by atoms with Gasteiger partial charge in [0, 0.05) is 13.2 Å². The van der Waals surface area contributed by atoms with Crippen LogP contribution in [-0.2, 0) is 4.74 Å². The van der Waals surface area contributed by atoms with E-state index in [-0.39, 0.29) is 12.0 Å². The predicted octanol–water partition coefficient (Wildman–Crippen LogP) is 2.98. The summed E-state index contributed by atoms with van der Waals surface area (Å²) in [4.78, 5) is 0. The maximum atomic E-state index is 12.0. The Balaban J connectivity index is 1.72. The first kappa shape index (κ1) is 14.1. The summed E-state index contributed by atoms with van der Waals surface area (Å²) >= 11 is 0. The second-order valence-electron chi connectivity index (χ2n) is 5.86. The van der Waals surface area contributed by atoms with Gasteiger partial charge < -0.3 is 10.1 Å². The topological polar surface area (TPSA) is 21.3 Å². The molecule has 0 aromatic heterocycles. The number of fused-ring (bicyclic) bond motifs is 1. The number of halogens is 3. The van der Waals surface area contributed by atoms with E-state index in [0.717, 1.165) is 31.3 Å². The van der Waals surface area contributed by atoms with Crippen molar-refractivity contribution in [1.82, 2.24) is 5.32 Å². The van der Waals surface area contributed by atoms with Crippen molar-refractivity contribution >= 4 is 0 Å². The monoisotopic (exact) mass is 265 g/mol. The molecular weight excluding hydrogens is 243 g/mol. The van der Waals surface area contributed by atoms with Crippen molar-refractivity contribution in [3.8, 4) is 0 Å². The van der Waals surface area contributed by atoms with Gasteiger partial charge in [-0.2, -0.15) is 13.2 Å². The van der Waals surface area contributed by atoms with Gasteiger partial charge in [0.25, 0.3) is 0 Å². The highest BCUT2D eigenvalue weighted by Crippen LogP contribution is 2.60. The molecule has 0 bridgehead atoms. The molecule has 0 spiro atoms. The molecule has 0 radical (unpaired) electrons. The lowest BCUT2D eigenvalue weighted by molar-refractivity contribution is -0.175. The lowest BCUT2D eigenvalue weighted by Crippen LogP contribution is -2.34. The Morgan fingerprint density at radius 1 is 1.28 bits per heavy atom. The van der Waals surface area contributed by atoms with Gasteiger partial charge in [0.15, 0.2) is 0 Å². The van der Waals surface area contributed by atoms with Crippen molar-refractivity contribution in [2.45, 2.75) is 38.8 Å². The quantitative estimate of drug-likeness (QED) is 0.715. The van der Waals surface area contributed by atoms with Crippen molar-refractivity contribution in [1.29, 1.82) is 0 Å². The molecule has 0 amide bonds. The number of rotatable bonds is 7. The summed E-state index contributed by atoms with van der Waals surface area (Å²) in [5, 5.41) is 3.35. The normalized spacial score (nSPS) is 34.7. The zero-order chi connectivity index (χ0) is 13.2. The largest absolute Gasteiger partial charge is 0.411 e. The summed E-state index contributed by atoms with van der Waals surface area (Å²) in [5.41, 5.74) is 0.190. The highest BCUT2D eigenvalue weighted by Gasteiger charge is 2.53. The summed E-state index contributed by atoms with van der Waals surface area (Å²) in [5.74, 6) is 1.68. The molecule has 1 N–H and O–H groups in total. The second-order valence-corrected chi connectivity index (χ2v) is 5.86. The van der Waals surface area contributed by atoms with Crippen molar-refractivity contribution in [2.24, 2.45) is 17.3 Å². The summed E-state index contributed by atoms with van der Waals surface area (Å²) in [6.07, 6.45) is 0.215. The van der Waals surface area contributed by atoms with Gasteiger partial charge in [0.05, 0.1) is 0 Å². The minimum absolute atomic E-state index is 0.190. The Morgan fingerprint density at radius 2 is 1.94 bits per heavy atom. The van der Waals surface area contributed by atoms with Gasteiger partial charge in [0.1, 0.15) is 6.61 Å². The van der Waals surface area contributed by atoms with E-state index in [1.54, 1.807) is 0 Å². The Hall–Kier alpha value is -0.290. The fourth-order valence-electron chi connectivity index (χ4n) is 3.31. The molecule has 18 heavy (non-hydrogen) atoms. The van der Waals surface area contributed by atoms with Gasteiger partial charge in [-0.05, 0) is 49.5 Å². The first-order valence-corrected chi connectivity index (χ1v) is 6.79. The minimum atomic E-state index is -4.20. The van der Waals surface area contributed by atoms with Gasteiger partial charge in [-0.15, -0.1) is 0 Å². The maximum Gasteiger partial charge on any atom is 0.411 e. The van der Waals surface area contributed by atoms with Crippen molar-refractivity contribution in [2.75, 3.05) is 26.3 Å². The third kappa shape index (κ3) is 3.85. The van der Waals surface area contributed by atoms with Crippen LogP contribution in [0.2, 0.25) is 0 Å². The molecule has 0 aromatic carbocycles. The number of hydrogen-bond donors (Lipinski definition) is 1. The third-order valence-electron chi connectivity index (χ3n) is 4.25. The molecule has 0 aromatic rings. The van der Waals surface area contributed by atoms with Crippen LogP contribution in [0.1, 0.15) is 32.6 Å². The Bertz CT molecular complexity index is 270. The van der Waals surface area contributed by atoms with Crippen LogP contribution in [0.4, 0.5) is 13.2 Å². The molecule has 106 valence electrons. The molecule has 0 saturated heterocycles. The van der Waals surface area contributed by atoms with Crippen molar-refractivity contribution < 1.29 is 17.9 Å². The molecule has 0 heterocycles. The van der Waals surface area contributed by atoms with E-state index < -0.39 is 12.8 Å². The van der Waals surface area contributed by atoms with Crippen LogP contribution >= 0.6 is 0 Å². The van der Waals surface area contributed by atoms with E-state index in [0.29, 0.717) is 0 Å². The van der Waals surface area contributed by atoms with E-state index in [1.165, 1.54) is 19.3 Å². The molecule has 2 unspecified atom stereocenters. The summed E-state index contributed by atoms with van der Waals surface area (Å²) in [7, 11) is 0. The Labute approximate surface area is 106 Å². The van der Waals surface area contributed by atoms with Crippen molar-refractivity contribution in [3.63, 3.8) is 0 Å². The van der Waals surface area contributed by atoms with Crippen LogP contribution in [0.5, 0.6) is 0 Å². The highest BCUT2D eigenvalue weighted by atomic mass is 19.4. The molecule has 2 rings (SSSR count). The van der Waals surface area contributed by atoms with Gasteiger partial charge in [0.2, 0.25) is 0 Å². The minimum Gasteiger partial charge on any atom is -0.372 e. The van der Waals surface area contributed by atoms with Gasteiger partial charge in [-0.25, -0.2) is 0 Å². The van der Waals surface area contributed by atoms with Crippen LogP contribution in [0, 0.1) is 17.3 Å². The van der Waals surface area contributed by atoms with E-state index >= 15 is 0 Å². The van der Waals surface area contributed by atoms with Crippen LogP contribution in [0.3, 0.4) is 0 Å². The van der Waals surface area contributed by atoms with E-state index in [9.17, 15) is 13.2 Å². The average molecular weight is 265 g/mol. The maximum absolute atomic E-state index is 12.0. The predicted molar refractivity (Wildman–Crippen MR) is 63.3 cm³/mol. The van der Waals surface area contributed by atoms with Crippen LogP contribution in [0.25, 0.3) is 0 Å². The van der Waals surface area contributed by atoms with Gasteiger partial charge in [-0.1, -0.05) is 6.92 Å². The van der Waals surface area contributed by atoms with E-state index in [4.69, 9.17) is 4.74 Å². The lowest BCUT2D eigenvalue weighted by Gasteiger charge is -2.31. The fraction of sp³-hybridized carbons (Fsp3) is 1.00. The van der Waals surface area contributed by atoms with Gasteiger partial charge >= 0.3 is 6.18 Å². The number of ether oxygens (including phenoxy) is 1. The molecule has 5 heteroatoms. The number of nitrogens with one attached hydrogen (secondary N) is 1. The van der Waals surface area contributed by atoms with Crippen LogP contribution < -0.4 is 5.32 Å². The van der Waals surface area contributed by atoms with E-state index in [2.05, 4.69) is 12.2 Å². The highest BCUT2D eigenvalue weighted by molar-refractivity contribution is 5.04. The Kier molecular flexibility index (Phi) is 4.22. The lowest BCUT2D eigenvalue weighted by atomic mass is 9.80. The molecule has 2 aliphatic carbocycles. The molecule has 2 nitrogen and oxygen atoms in total. The van der Waals surface area contributed by atoms with Gasteiger partial charge in [-0.3, -0.25) is 0 Å². The molecule has 2 saturated carbocycles.